The summed E-state index contributed by atoms with van der Waals surface area (Å²) in [4.78, 5) is 54.6. The maximum atomic E-state index is 13.6. The molecule has 34 heavy (non-hydrogen) atoms. The molecule has 2 aliphatic rings. The molecule has 0 saturated carbocycles. The Balaban J connectivity index is 2.05. The minimum atomic E-state index is -3.26. The monoisotopic (exact) mass is 496 g/mol. The van der Waals surface area contributed by atoms with Gasteiger partial charge in [0.1, 0.15) is 11.5 Å². The van der Waals surface area contributed by atoms with E-state index in [1.807, 2.05) is 27.7 Å². The highest BCUT2D eigenvalue weighted by Gasteiger charge is 2.38. The zero-order chi connectivity index (χ0) is 25.4. The summed E-state index contributed by atoms with van der Waals surface area (Å²) in [5.41, 5.74) is 4.67. The first-order chi connectivity index (χ1) is 15.8. The molecule has 188 valence electrons. The molecule has 1 aromatic rings. The van der Waals surface area contributed by atoms with E-state index in [4.69, 9.17) is 5.73 Å². The number of nitrogen functional groups attached to an aromatic ring is 1. The van der Waals surface area contributed by atoms with Crippen LogP contribution < -0.4 is 21.9 Å². The number of nitrogens with two attached hydrogens (primary N) is 1. The Morgan fingerprint density at radius 2 is 1.85 bits per heavy atom. The lowest BCUT2D eigenvalue weighted by Gasteiger charge is -2.31. The van der Waals surface area contributed by atoms with Gasteiger partial charge in [0, 0.05) is 25.9 Å². The number of carbonyl (C=O) groups is 2. The molecule has 0 radical (unpaired) electrons. The van der Waals surface area contributed by atoms with Gasteiger partial charge < -0.3 is 5.73 Å². The summed E-state index contributed by atoms with van der Waals surface area (Å²) in [6.45, 7) is 7.86. The van der Waals surface area contributed by atoms with Crippen molar-refractivity contribution in [3.8, 4) is 0 Å². The number of aromatic nitrogens is 2. The van der Waals surface area contributed by atoms with Crippen LogP contribution >= 0.6 is 0 Å². The van der Waals surface area contributed by atoms with Crippen LogP contribution in [0.4, 0.5) is 11.5 Å². The van der Waals surface area contributed by atoms with Crippen LogP contribution in [-0.2, 0) is 26.0 Å². The molecule has 0 aliphatic carbocycles. The number of H-pyrrole nitrogens is 1. The second-order valence-electron chi connectivity index (χ2n) is 9.65. The molecule has 12 nitrogen and oxygen atoms in total. The second kappa shape index (κ2) is 9.72. The fourth-order valence-electron chi connectivity index (χ4n) is 4.16. The smallest absolute Gasteiger partial charge is 0.330 e. The van der Waals surface area contributed by atoms with E-state index in [-0.39, 0.29) is 78.8 Å². The lowest BCUT2D eigenvalue weighted by Crippen LogP contribution is -2.48. The average molecular weight is 497 g/mol. The molecule has 3 N–H and O–H groups in total. The Morgan fingerprint density at radius 1 is 1.18 bits per heavy atom. The van der Waals surface area contributed by atoms with E-state index in [1.54, 1.807) is 0 Å². The second-order valence-corrected chi connectivity index (χ2v) is 11.9. The van der Waals surface area contributed by atoms with Crippen LogP contribution in [0, 0.1) is 11.8 Å². The third-order valence-corrected chi connectivity index (χ3v) is 7.44. The highest BCUT2D eigenvalue weighted by Crippen LogP contribution is 2.25. The number of nitrogens with one attached hydrogen (secondary N) is 1. The molecule has 1 aromatic heterocycles. The van der Waals surface area contributed by atoms with Gasteiger partial charge in [0.2, 0.25) is 5.91 Å². The number of sulfone groups is 1. The van der Waals surface area contributed by atoms with Gasteiger partial charge in [0.15, 0.2) is 15.5 Å². The van der Waals surface area contributed by atoms with Gasteiger partial charge in [-0.05, 0) is 18.3 Å². The molecule has 2 amide bonds. The first kappa shape index (κ1) is 25.7. The minimum Gasteiger partial charge on any atom is -0.383 e. The molecule has 3 heterocycles. The Labute approximate surface area is 197 Å². The Morgan fingerprint density at radius 3 is 2.41 bits per heavy atom. The van der Waals surface area contributed by atoms with E-state index < -0.39 is 33.0 Å². The number of hydrogen-bond acceptors (Lipinski definition) is 8. The summed E-state index contributed by atoms with van der Waals surface area (Å²) in [5.74, 6) is -1.33. The normalized spacial score (nSPS) is 20.2. The third kappa shape index (κ3) is 5.40. The summed E-state index contributed by atoms with van der Waals surface area (Å²) in [6.07, 6.45) is 0.294. The van der Waals surface area contributed by atoms with Crippen molar-refractivity contribution in [2.45, 2.75) is 59.5 Å². The molecule has 0 bridgehead atoms. The number of anilines is 2. The van der Waals surface area contributed by atoms with Crippen LogP contribution in [0.25, 0.3) is 0 Å². The van der Waals surface area contributed by atoms with Crippen LogP contribution in [-0.4, -0.2) is 64.6 Å². The molecule has 3 rings (SSSR count). The summed E-state index contributed by atoms with van der Waals surface area (Å²) in [5, 5.41) is 5.33. The Kier molecular flexibility index (Phi) is 7.34. The van der Waals surface area contributed by atoms with Crippen molar-refractivity contribution in [3.63, 3.8) is 0 Å². The Hall–Kier alpha value is -2.96. The molecule has 1 fully saturated rings. The molecule has 2 aliphatic heterocycles. The van der Waals surface area contributed by atoms with Gasteiger partial charge in [-0.2, -0.15) is 5.10 Å². The third-order valence-electron chi connectivity index (χ3n) is 5.69. The molecule has 0 aromatic carbocycles. The lowest BCUT2D eigenvalue weighted by atomic mass is 10.1. The predicted octanol–water partition coefficient (Wildman–Crippen LogP) is -0.0707. The first-order valence-corrected chi connectivity index (χ1v) is 13.2. The van der Waals surface area contributed by atoms with Crippen molar-refractivity contribution in [1.29, 1.82) is 0 Å². The predicted molar refractivity (Wildman–Crippen MR) is 128 cm³/mol. The van der Waals surface area contributed by atoms with Crippen LogP contribution in [0.2, 0.25) is 0 Å². The summed E-state index contributed by atoms with van der Waals surface area (Å²) >= 11 is 0. The molecule has 1 saturated heterocycles. The van der Waals surface area contributed by atoms with Crippen molar-refractivity contribution >= 4 is 38.9 Å². The van der Waals surface area contributed by atoms with E-state index in [9.17, 15) is 27.6 Å². The average Bonchev–Trinajstić information content (AvgIpc) is 3.09. The van der Waals surface area contributed by atoms with Crippen molar-refractivity contribution in [2.75, 3.05) is 28.7 Å². The van der Waals surface area contributed by atoms with Crippen LogP contribution in [0.15, 0.2) is 14.7 Å². The fourth-order valence-corrected chi connectivity index (χ4v) is 5.85. The summed E-state index contributed by atoms with van der Waals surface area (Å²) in [7, 11) is -3.26. The SMILES string of the molecule is CC(C)CN(C(=O)C1=NN(C2CCS(=O)(=O)C2)C(=O)CC1)c1c(N)n(CC(C)C)c(=O)[nH]c1=O. The summed E-state index contributed by atoms with van der Waals surface area (Å²) < 4.78 is 25.0. The van der Waals surface area contributed by atoms with E-state index in [0.717, 1.165) is 5.01 Å². The van der Waals surface area contributed by atoms with Crippen molar-refractivity contribution in [1.82, 2.24) is 14.6 Å². The number of rotatable bonds is 7. The number of amides is 2. The highest BCUT2D eigenvalue weighted by molar-refractivity contribution is 7.91. The zero-order valence-corrected chi connectivity index (χ0v) is 20.7. The van der Waals surface area contributed by atoms with E-state index >= 15 is 0 Å². The summed E-state index contributed by atoms with van der Waals surface area (Å²) in [6, 6.07) is -0.624. The number of nitrogens with zero attached hydrogens (tertiary/aromatic N) is 4. The maximum Gasteiger partial charge on any atom is 0.330 e. The number of hydrogen-bond donors (Lipinski definition) is 2. The van der Waals surface area contributed by atoms with Gasteiger partial charge in [-0.3, -0.25) is 28.8 Å². The van der Waals surface area contributed by atoms with E-state index in [0.29, 0.717) is 0 Å². The quantitative estimate of drug-likeness (QED) is 0.532. The topological polar surface area (TPSA) is 168 Å². The zero-order valence-electron chi connectivity index (χ0n) is 19.9. The van der Waals surface area contributed by atoms with Gasteiger partial charge in [0.25, 0.3) is 11.5 Å². The highest BCUT2D eigenvalue weighted by atomic mass is 32.2. The maximum absolute atomic E-state index is 13.6. The molecule has 0 spiro atoms. The first-order valence-electron chi connectivity index (χ1n) is 11.3. The van der Waals surface area contributed by atoms with Crippen molar-refractivity contribution in [2.24, 2.45) is 16.9 Å². The van der Waals surface area contributed by atoms with Gasteiger partial charge in [-0.25, -0.2) is 18.2 Å². The van der Waals surface area contributed by atoms with E-state index in [1.165, 1.54) is 9.47 Å². The Bertz CT molecular complexity index is 1230. The van der Waals surface area contributed by atoms with Crippen LogP contribution in [0.3, 0.4) is 0 Å². The van der Waals surface area contributed by atoms with E-state index in [2.05, 4.69) is 10.1 Å². The molecular weight excluding hydrogens is 464 g/mol. The van der Waals surface area contributed by atoms with Crippen LogP contribution in [0.1, 0.15) is 47.0 Å². The number of aromatic amines is 1. The van der Waals surface area contributed by atoms with Gasteiger partial charge in [-0.15, -0.1) is 0 Å². The van der Waals surface area contributed by atoms with Crippen molar-refractivity contribution < 1.29 is 18.0 Å². The minimum absolute atomic E-state index is 0.00464. The molecule has 13 heteroatoms. The number of carbonyl (C=O) groups excluding carboxylic acids is 2. The largest absolute Gasteiger partial charge is 0.383 e. The standard InChI is InChI=1S/C21H32N6O6S/c1-12(2)9-25(17-18(22)26(10-13(3)4)21(31)23-19(17)29)20(30)15-5-6-16(28)27(24-15)14-7-8-34(32,33)11-14/h12-14H,5-11,22H2,1-4H3,(H,23,29,31). The fraction of sp³-hybridized carbons (Fsp3) is 0.667. The van der Waals surface area contributed by atoms with Crippen molar-refractivity contribution in [3.05, 3.63) is 20.8 Å². The van der Waals surface area contributed by atoms with Crippen LogP contribution in [0.5, 0.6) is 0 Å². The molecule has 1 atom stereocenters. The van der Waals surface area contributed by atoms with Gasteiger partial charge in [0.05, 0.1) is 17.5 Å². The molecule has 1 unspecified atom stereocenters. The van der Waals surface area contributed by atoms with Gasteiger partial charge in [-0.1, -0.05) is 27.7 Å². The van der Waals surface area contributed by atoms with Gasteiger partial charge >= 0.3 is 5.69 Å². The molecular formula is C21H32N6O6S. The number of hydrazone groups is 1. The lowest BCUT2D eigenvalue weighted by molar-refractivity contribution is -0.133.